The van der Waals surface area contributed by atoms with Gasteiger partial charge in [0.15, 0.2) is 11.5 Å². The van der Waals surface area contributed by atoms with E-state index in [1.165, 1.54) is 11.2 Å². The Morgan fingerprint density at radius 3 is 2.84 bits per heavy atom. The Labute approximate surface area is 188 Å². The molecule has 4 aromatic heterocycles. The fourth-order valence-electron chi connectivity index (χ4n) is 4.04. The van der Waals surface area contributed by atoms with E-state index in [1.54, 1.807) is 11.3 Å². The van der Waals surface area contributed by atoms with Crippen LogP contribution in [0, 0.1) is 6.92 Å². The Kier molecular flexibility index (Phi) is 5.38. The van der Waals surface area contributed by atoms with Gasteiger partial charge < -0.3 is 15.2 Å². The number of amides is 1. The smallest absolute Gasteiger partial charge is 0.253 e. The van der Waals surface area contributed by atoms with Crippen LogP contribution in [0.15, 0.2) is 36.9 Å². The van der Waals surface area contributed by atoms with Crippen LogP contribution in [0.3, 0.4) is 0 Å². The molecule has 0 spiro atoms. The van der Waals surface area contributed by atoms with Crippen LogP contribution < -0.4 is 10.2 Å². The minimum Gasteiger partial charge on any atom is -0.368 e. The third-order valence-corrected chi connectivity index (χ3v) is 6.82. The van der Waals surface area contributed by atoms with Crippen LogP contribution in [-0.4, -0.2) is 49.7 Å². The van der Waals surface area contributed by atoms with Crippen LogP contribution in [0.2, 0.25) is 0 Å². The number of halogens is 1. The zero-order chi connectivity index (χ0) is 22.2. The molecule has 166 valence electrons. The second kappa shape index (κ2) is 8.34. The lowest BCUT2D eigenvalue weighted by molar-refractivity contribution is 0.0938. The van der Waals surface area contributed by atoms with Gasteiger partial charge in [-0.15, -0.1) is 21.5 Å². The van der Waals surface area contributed by atoms with Crippen molar-refractivity contribution in [2.24, 2.45) is 0 Å². The fraction of sp³-hybridized carbons (Fsp3) is 0.364. The van der Waals surface area contributed by atoms with E-state index in [9.17, 15) is 9.18 Å². The lowest BCUT2D eigenvalue weighted by Crippen LogP contribution is -2.35. The predicted octanol–water partition coefficient (Wildman–Crippen LogP) is 3.92. The highest BCUT2D eigenvalue weighted by Gasteiger charge is 2.24. The topological polar surface area (TPSA) is 91.2 Å². The first-order valence-electron chi connectivity index (χ1n) is 10.6. The Hall–Kier alpha value is -3.27. The number of piperidine rings is 1. The van der Waals surface area contributed by atoms with E-state index in [-0.39, 0.29) is 11.9 Å². The minimum absolute atomic E-state index is 0.223. The molecule has 8 nitrogen and oxygen atoms in total. The lowest BCUT2D eigenvalue weighted by Gasteiger charge is -2.31. The molecule has 0 radical (unpaired) electrons. The number of rotatable bonds is 5. The van der Waals surface area contributed by atoms with Gasteiger partial charge >= 0.3 is 0 Å². The van der Waals surface area contributed by atoms with Gasteiger partial charge in [0.2, 0.25) is 0 Å². The van der Waals surface area contributed by atoms with Gasteiger partial charge in [0, 0.05) is 24.2 Å². The van der Waals surface area contributed by atoms with E-state index < -0.39 is 6.17 Å². The zero-order valence-electron chi connectivity index (χ0n) is 17.9. The first-order valence-corrected chi connectivity index (χ1v) is 11.4. The van der Waals surface area contributed by atoms with Crippen LogP contribution in [0.5, 0.6) is 0 Å². The number of aromatic amines is 1. The summed E-state index contributed by atoms with van der Waals surface area (Å²) in [5.74, 6) is 0.362. The van der Waals surface area contributed by atoms with Crippen molar-refractivity contribution in [2.75, 3.05) is 18.0 Å². The molecule has 0 aliphatic carbocycles. The molecule has 1 aliphatic heterocycles. The summed E-state index contributed by atoms with van der Waals surface area (Å²) in [5.41, 5.74) is 3.05. The molecule has 1 amide bonds. The van der Waals surface area contributed by atoms with E-state index in [1.807, 2.05) is 29.8 Å². The number of imidazole rings is 1. The molecule has 32 heavy (non-hydrogen) atoms. The molecule has 1 aliphatic rings. The number of carbonyl (C=O) groups excluding carboxylic acids is 1. The fourth-order valence-corrected chi connectivity index (χ4v) is 4.92. The molecule has 1 fully saturated rings. The number of pyridine rings is 1. The number of H-pyrrole nitrogens is 1. The number of aromatic nitrogens is 5. The maximum Gasteiger partial charge on any atom is 0.253 e. The average Bonchev–Trinajstić information content (AvgIpc) is 3.54. The number of nitrogens with zero attached hydrogens (tertiary/aromatic N) is 5. The van der Waals surface area contributed by atoms with Gasteiger partial charge in [-0.2, -0.15) is 0 Å². The Morgan fingerprint density at radius 2 is 2.16 bits per heavy atom. The number of hydrogen-bond donors (Lipinski definition) is 2. The van der Waals surface area contributed by atoms with Gasteiger partial charge in [0.25, 0.3) is 5.91 Å². The highest BCUT2D eigenvalue weighted by Crippen LogP contribution is 2.33. The maximum absolute atomic E-state index is 13.8. The van der Waals surface area contributed by atoms with Crippen LogP contribution in [0.1, 0.15) is 46.9 Å². The third-order valence-electron chi connectivity index (χ3n) is 5.80. The normalized spacial score (nSPS) is 15.9. The molecule has 5 rings (SSSR count). The summed E-state index contributed by atoms with van der Waals surface area (Å²) in [4.78, 5) is 25.2. The molecule has 0 unspecified atom stereocenters. The molecule has 10 heteroatoms. The Balaban J connectivity index is 1.56. The van der Waals surface area contributed by atoms with Crippen molar-refractivity contribution >= 4 is 28.6 Å². The first kappa shape index (κ1) is 20.6. The van der Waals surface area contributed by atoms with Crippen molar-refractivity contribution in [2.45, 2.75) is 38.9 Å². The number of alkyl halides is 1. The molecular weight excluding hydrogens is 429 g/mol. The SMILES string of the molecule is Cc1ccc(-c2cnc3c(N4CCC(F)CC4)cc(C(=O)N[C@@H](C)c4nnc[nH]4)cn23)s1. The zero-order valence-corrected chi connectivity index (χ0v) is 18.7. The van der Waals surface area contributed by atoms with E-state index in [4.69, 9.17) is 0 Å². The van der Waals surface area contributed by atoms with Crippen molar-refractivity contribution in [3.63, 3.8) is 0 Å². The highest BCUT2D eigenvalue weighted by molar-refractivity contribution is 7.15. The number of carbonyl (C=O) groups is 1. The highest BCUT2D eigenvalue weighted by atomic mass is 32.1. The second-order valence-electron chi connectivity index (χ2n) is 8.09. The minimum atomic E-state index is -0.777. The van der Waals surface area contributed by atoms with Gasteiger partial charge in [0.1, 0.15) is 12.5 Å². The van der Waals surface area contributed by atoms with Crippen LogP contribution >= 0.6 is 11.3 Å². The van der Waals surface area contributed by atoms with Crippen molar-refractivity contribution < 1.29 is 9.18 Å². The van der Waals surface area contributed by atoms with E-state index >= 15 is 0 Å². The summed E-state index contributed by atoms with van der Waals surface area (Å²) in [6, 6.07) is 5.67. The summed E-state index contributed by atoms with van der Waals surface area (Å²) in [6.45, 7) is 5.10. The number of fused-ring (bicyclic) bond motifs is 1. The maximum atomic E-state index is 13.8. The van der Waals surface area contributed by atoms with E-state index in [0.29, 0.717) is 37.3 Å². The van der Waals surface area contributed by atoms with Gasteiger partial charge in [-0.25, -0.2) is 9.37 Å². The molecule has 4 aromatic rings. The molecule has 2 N–H and O–H groups in total. The number of hydrogen-bond acceptors (Lipinski definition) is 6. The standard InChI is InChI=1S/C22H24FN7OS/c1-13-3-4-19(32-13)18-10-24-21-17(29-7-5-16(23)6-8-29)9-15(11-30(18)21)22(31)27-14(2)20-25-12-26-28-20/h3-4,9-12,14,16H,5-8H2,1-2H3,(H,27,31)(H,25,26,28)/t14-/m0/s1. The van der Waals surface area contributed by atoms with Gasteiger partial charge in [-0.1, -0.05) is 0 Å². The van der Waals surface area contributed by atoms with Crippen LogP contribution in [0.4, 0.5) is 10.1 Å². The summed E-state index contributed by atoms with van der Waals surface area (Å²) >= 11 is 1.68. The quantitative estimate of drug-likeness (QED) is 0.478. The molecule has 5 heterocycles. The lowest BCUT2D eigenvalue weighted by atomic mass is 10.1. The van der Waals surface area contributed by atoms with Gasteiger partial charge in [-0.3, -0.25) is 9.20 Å². The number of nitrogens with one attached hydrogen (secondary N) is 2. The molecule has 0 saturated carbocycles. The molecule has 1 saturated heterocycles. The first-order chi connectivity index (χ1) is 15.5. The second-order valence-corrected chi connectivity index (χ2v) is 9.38. The predicted molar refractivity (Wildman–Crippen MR) is 122 cm³/mol. The van der Waals surface area contributed by atoms with Gasteiger partial charge in [-0.05, 0) is 44.9 Å². The average molecular weight is 454 g/mol. The number of aryl methyl sites for hydroxylation is 1. The number of thiophene rings is 1. The van der Waals surface area contributed by atoms with Crippen LogP contribution in [-0.2, 0) is 0 Å². The van der Waals surface area contributed by atoms with Crippen molar-refractivity contribution in [1.29, 1.82) is 0 Å². The third kappa shape index (κ3) is 3.86. The summed E-state index contributed by atoms with van der Waals surface area (Å²) in [5, 5.41) is 10.7. The van der Waals surface area contributed by atoms with Crippen molar-refractivity contribution in [3.05, 3.63) is 53.2 Å². The summed E-state index contributed by atoms with van der Waals surface area (Å²) in [6.07, 6.45) is 5.31. The molecular formula is C22H24FN7OS. The van der Waals surface area contributed by atoms with Gasteiger partial charge in [0.05, 0.1) is 34.1 Å². The molecule has 1 atom stereocenters. The van der Waals surface area contributed by atoms with Crippen molar-refractivity contribution in [1.82, 2.24) is 29.9 Å². The Bertz CT molecular complexity index is 1240. The van der Waals surface area contributed by atoms with Crippen molar-refractivity contribution in [3.8, 4) is 10.6 Å². The molecule has 0 aromatic carbocycles. The molecule has 0 bridgehead atoms. The summed E-state index contributed by atoms with van der Waals surface area (Å²) < 4.78 is 15.7. The summed E-state index contributed by atoms with van der Waals surface area (Å²) in [7, 11) is 0. The van der Waals surface area contributed by atoms with E-state index in [2.05, 4.69) is 49.4 Å². The van der Waals surface area contributed by atoms with Crippen LogP contribution in [0.25, 0.3) is 16.2 Å². The largest absolute Gasteiger partial charge is 0.368 e. The van der Waals surface area contributed by atoms with E-state index in [0.717, 1.165) is 21.9 Å². The monoisotopic (exact) mass is 453 g/mol. The Morgan fingerprint density at radius 1 is 1.34 bits per heavy atom. The number of anilines is 1.